The van der Waals surface area contributed by atoms with E-state index < -0.39 is 5.97 Å². The van der Waals surface area contributed by atoms with Crippen molar-refractivity contribution in [3.63, 3.8) is 0 Å². The first-order valence-corrected chi connectivity index (χ1v) is 7.28. The smallest absolute Gasteiger partial charge is 0.337 e. The molecule has 0 aliphatic carbocycles. The van der Waals surface area contributed by atoms with Gasteiger partial charge in [-0.3, -0.25) is 9.78 Å². The molecule has 1 aromatic carbocycles. The monoisotopic (exact) mass is 396 g/mol. The van der Waals surface area contributed by atoms with Gasteiger partial charge in [-0.15, -0.1) is 0 Å². The van der Waals surface area contributed by atoms with Gasteiger partial charge in [-0.1, -0.05) is 6.07 Å². The molecule has 0 saturated heterocycles. The number of hydrogen-bond donors (Lipinski definition) is 2. The molecule has 2 aromatic rings. The summed E-state index contributed by atoms with van der Waals surface area (Å²) < 4.78 is 0.795. The molecule has 5 nitrogen and oxygen atoms in total. The van der Waals surface area contributed by atoms with Crippen LogP contribution in [0.2, 0.25) is 0 Å². The number of benzene rings is 1. The molecule has 0 aliphatic heterocycles. The Kier molecular flexibility index (Phi) is 4.89. The molecule has 0 atom stereocenters. The van der Waals surface area contributed by atoms with Crippen molar-refractivity contribution in [2.45, 2.75) is 13.3 Å². The fourth-order valence-electron chi connectivity index (χ4n) is 1.85. The minimum Gasteiger partial charge on any atom is -0.478 e. The Balaban J connectivity index is 2.17. The first-order valence-electron chi connectivity index (χ1n) is 6.20. The van der Waals surface area contributed by atoms with E-state index in [1.807, 2.05) is 35.6 Å². The van der Waals surface area contributed by atoms with Crippen molar-refractivity contribution in [2.75, 3.05) is 5.32 Å². The number of nitrogens with zero attached hydrogens (tertiary/aromatic N) is 1. The lowest BCUT2D eigenvalue weighted by atomic mass is 10.1. The zero-order valence-electron chi connectivity index (χ0n) is 11.3. The van der Waals surface area contributed by atoms with E-state index in [1.165, 1.54) is 6.07 Å². The Morgan fingerprint density at radius 3 is 2.76 bits per heavy atom. The number of halogens is 1. The Bertz CT molecular complexity index is 701. The highest BCUT2D eigenvalue weighted by molar-refractivity contribution is 14.1. The maximum Gasteiger partial charge on any atom is 0.337 e. The van der Waals surface area contributed by atoms with E-state index >= 15 is 0 Å². The van der Waals surface area contributed by atoms with Crippen molar-refractivity contribution in [2.24, 2.45) is 0 Å². The number of aryl methyl sites for hydroxylation is 1. The van der Waals surface area contributed by atoms with Crippen molar-refractivity contribution in [3.8, 4) is 0 Å². The molecule has 21 heavy (non-hydrogen) atoms. The highest BCUT2D eigenvalue weighted by Crippen LogP contribution is 2.19. The molecule has 1 aromatic heterocycles. The molecular weight excluding hydrogens is 383 g/mol. The Morgan fingerprint density at radius 2 is 2.10 bits per heavy atom. The Labute approximate surface area is 135 Å². The number of pyridine rings is 1. The lowest BCUT2D eigenvalue weighted by molar-refractivity contribution is -0.115. The van der Waals surface area contributed by atoms with Gasteiger partial charge in [0.25, 0.3) is 0 Å². The highest BCUT2D eigenvalue weighted by atomic mass is 127. The molecule has 0 saturated carbocycles. The highest BCUT2D eigenvalue weighted by Gasteiger charge is 2.14. The molecule has 1 heterocycles. The van der Waals surface area contributed by atoms with Gasteiger partial charge in [-0.25, -0.2) is 4.79 Å². The zero-order valence-corrected chi connectivity index (χ0v) is 13.4. The number of aromatic nitrogens is 1. The summed E-state index contributed by atoms with van der Waals surface area (Å²) in [5, 5.41) is 11.8. The largest absolute Gasteiger partial charge is 0.478 e. The second-order valence-electron chi connectivity index (χ2n) is 4.49. The molecule has 0 fully saturated rings. The van der Waals surface area contributed by atoms with Gasteiger partial charge in [-0.2, -0.15) is 0 Å². The molecule has 0 aliphatic rings. The SMILES string of the molecule is Cc1cccnc1CC(=O)Nc1ccc(I)cc1C(=O)O. The predicted molar refractivity (Wildman–Crippen MR) is 87.4 cm³/mol. The van der Waals surface area contributed by atoms with Crippen LogP contribution in [0.5, 0.6) is 0 Å². The Morgan fingerprint density at radius 1 is 1.33 bits per heavy atom. The molecule has 108 valence electrons. The number of carbonyl (C=O) groups excluding carboxylic acids is 1. The van der Waals surface area contributed by atoms with Gasteiger partial charge in [0.15, 0.2) is 0 Å². The maximum atomic E-state index is 12.0. The first kappa shape index (κ1) is 15.4. The van der Waals surface area contributed by atoms with Crippen molar-refractivity contribution >= 4 is 40.2 Å². The summed E-state index contributed by atoms with van der Waals surface area (Å²) in [5.74, 6) is -1.36. The standard InChI is InChI=1S/C15H13IN2O3/c1-9-3-2-6-17-13(9)8-14(19)18-12-5-4-10(16)7-11(12)15(20)21/h2-7H,8H2,1H3,(H,18,19)(H,20,21). The average molecular weight is 396 g/mol. The summed E-state index contributed by atoms with van der Waals surface area (Å²) in [4.78, 5) is 27.4. The molecule has 1 amide bonds. The van der Waals surface area contributed by atoms with Crippen LogP contribution in [0, 0.1) is 10.5 Å². The van der Waals surface area contributed by atoms with E-state index in [4.69, 9.17) is 5.11 Å². The molecule has 0 spiro atoms. The molecular formula is C15H13IN2O3. The van der Waals surface area contributed by atoms with E-state index in [2.05, 4.69) is 10.3 Å². The lowest BCUT2D eigenvalue weighted by Crippen LogP contribution is -2.18. The number of aromatic carboxylic acids is 1. The second-order valence-corrected chi connectivity index (χ2v) is 5.73. The van der Waals surface area contributed by atoms with Crippen molar-refractivity contribution in [3.05, 3.63) is 56.9 Å². The van der Waals surface area contributed by atoms with Gasteiger partial charge in [0.1, 0.15) is 0 Å². The molecule has 0 radical (unpaired) electrons. The number of hydrogen-bond acceptors (Lipinski definition) is 3. The van der Waals surface area contributed by atoms with E-state index in [0.717, 1.165) is 9.13 Å². The third-order valence-electron chi connectivity index (χ3n) is 2.93. The van der Waals surface area contributed by atoms with Crippen LogP contribution >= 0.6 is 22.6 Å². The van der Waals surface area contributed by atoms with Crippen LogP contribution in [0.3, 0.4) is 0 Å². The quantitative estimate of drug-likeness (QED) is 0.780. The maximum absolute atomic E-state index is 12.0. The van der Waals surface area contributed by atoms with Gasteiger partial charge < -0.3 is 10.4 Å². The minimum atomic E-state index is -1.07. The second kappa shape index (κ2) is 6.66. The van der Waals surface area contributed by atoms with Gasteiger partial charge >= 0.3 is 5.97 Å². The van der Waals surface area contributed by atoms with Gasteiger partial charge in [0, 0.05) is 9.77 Å². The summed E-state index contributed by atoms with van der Waals surface area (Å²) in [6.07, 6.45) is 1.74. The topological polar surface area (TPSA) is 79.3 Å². The molecule has 2 N–H and O–H groups in total. The van der Waals surface area contributed by atoms with Gasteiger partial charge in [0.2, 0.25) is 5.91 Å². The van der Waals surface area contributed by atoms with Crippen molar-refractivity contribution < 1.29 is 14.7 Å². The molecule has 6 heteroatoms. The number of carboxylic acid groups (broad SMARTS) is 1. The fourth-order valence-corrected chi connectivity index (χ4v) is 2.34. The van der Waals surface area contributed by atoms with Crippen molar-refractivity contribution in [1.29, 1.82) is 0 Å². The third kappa shape index (κ3) is 4.01. The molecule has 0 unspecified atom stereocenters. The van der Waals surface area contributed by atoms with E-state index in [9.17, 15) is 9.59 Å². The predicted octanol–water partition coefficient (Wildman–Crippen LogP) is 2.87. The number of amides is 1. The summed E-state index contributed by atoms with van der Waals surface area (Å²) >= 11 is 2.03. The first-order chi connectivity index (χ1) is 9.97. The number of rotatable bonds is 4. The molecule has 2 rings (SSSR count). The number of anilines is 1. The van der Waals surface area contributed by atoms with Crippen LogP contribution < -0.4 is 5.32 Å². The third-order valence-corrected chi connectivity index (χ3v) is 3.60. The van der Waals surface area contributed by atoms with Crippen LogP contribution in [0.1, 0.15) is 21.6 Å². The summed E-state index contributed by atoms with van der Waals surface area (Å²) in [5.41, 5.74) is 1.97. The number of carbonyl (C=O) groups is 2. The van der Waals surface area contributed by atoms with Crippen LogP contribution in [0.15, 0.2) is 36.5 Å². The number of nitrogens with one attached hydrogen (secondary N) is 1. The summed E-state index contributed by atoms with van der Waals surface area (Å²) in [6.45, 7) is 1.88. The van der Waals surface area contributed by atoms with Crippen LogP contribution in [-0.2, 0) is 11.2 Å². The summed E-state index contributed by atoms with van der Waals surface area (Å²) in [7, 11) is 0. The van der Waals surface area contributed by atoms with E-state index in [1.54, 1.807) is 24.4 Å². The summed E-state index contributed by atoms with van der Waals surface area (Å²) in [6, 6.07) is 8.54. The van der Waals surface area contributed by atoms with Crippen LogP contribution in [0.4, 0.5) is 5.69 Å². The van der Waals surface area contributed by atoms with Crippen LogP contribution in [0.25, 0.3) is 0 Å². The lowest BCUT2D eigenvalue weighted by Gasteiger charge is -2.09. The Hall–Kier alpha value is -1.96. The van der Waals surface area contributed by atoms with E-state index in [0.29, 0.717) is 11.4 Å². The van der Waals surface area contributed by atoms with Gasteiger partial charge in [0.05, 0.1) is 23.4 Å². The average Bonchev–Trinajstić information content (AvgIpc) is 2.43. The minimum absolute atomic E-state index is 0.0768. The fraction of sp³-hybridized carbons (Fsp3) is 0.133. The molecule has 0 bridgehead atoms. The zero-order chi connectivity index (χ0) is 15.4. The van der Waals surface area contributed by atoms with Crippen LogP contribution in [-0.4, -0.2) is 22.0 Å². The normalized spacial score (nSPS) is 10.2. The van der Waals surface area contributed by atoms with E-state index in [-0.39, 0.29) is 17.9 Å². The number of carboxylic acids is 1. The van der Waals surface area contributed by atoms with Crippen molar-refractivity contribution in [1.82, 2.24) is 4.98 Å². The van der Waals surface area contributed by atoms with Gasteiger partial charge in [-0.05, 0) is 59.3 Å².